The Labute approximate surface area is 180 Å². The lowest BCUT2D eigenvalue weighted by molar-refractivity contribution is -0.116. The monoisotopic (exact) mass is 418 g/mol. The van der Waals surface area contributed by atoms with Crippen molar-refractivity contribution < 1.29 is 9.21 Å². The molecule has 2 aromatic heterocycles. The van der Waals surface area contributed by atoms with Crippen LogP contribution >= 0.6 is 0 Å². The second-order valence-electron chi connectivity index (χ2n) is 8.59. The van der Waals surface area contributed by atoms with Gasteiger partial charge in [0.05, 0.1) is 17.8 Å². The van der Waals surface area contributed by atoms with Crippen LogP contribution in [0.5, 0.6) is 0 Å². The second kappa shape index (κ2) is 8.26. The summed E-state index contributed by atoms with van der Waals surface area (Å²) in [7, 11) is 0. The number of aryl methyl sites for hydroxylation is 1. The highest BCUT2D eigenvalue weighted by atomic mass is 16.4. The number of carbonyl (C=O) groups excluding carboxylic acids is 1. The van der Waals surface area contributed by atoms with Gasteiger partial charge in [-0.3, -0.25) is 9.36 Å². The number of para-hydroxylation sites is 2. The number of aromatic nitrogens is 3. The summed E-state index contributed by atoms with van der Waals surface area (Å²) in [5, 5.41) is 7.70. The van der Waals surface area contributed by atoms with Gasteiger partial charge in [-0.25, -0.2) is 9.48 Å². The van der Waals surface area contributed by atoms with Crippen LogP contribution in [0.4, 0.5) is 5.82 Å². The first kappa shape index (κ1) is 20.7. The number of fused-ring (bicyclic) bond motifs is 1. The molecule has 4 rings (SSSR count). The summed E-state index contributed by atoms with van der Waals surface area (Å²) in [5.74, 6) is -0.00633. The topological polar surface area (TPSA) is 82.1 Å². The average Bonchev–Trinajstić information content (AvgIpc) is 3.27. The van der Waals surface area contributed by atoms with Gasteiger partial charge in [-0.1, -0.05) is 63.2 Å². The lowest BCUT2D eigenvalue weighted by Gasteiger charge is -2.14. The van der Waals surface area contributed by atoms with Gasteiger partial charge in [-0.15, -0.1) is 0 Å². The highest BCUT2D eigenvalue weighted by Crippen LogP contribution is 2.25. The van der Waals surface area contributed by atoms with Crippen molar-refractivity contribution in [3.63, 3.8) is 0 Å². The van der Waals surface area contributed by atoms with E-state index in [1.165, 1.54) is 4.57 Å². The second-order valence-corrected chi connectivity index (χ2v) is 8.59. The summed E-state index contributed by atoms with van der Waals surface area (Å²) in [5.41, 5.74) is 3.05. The number of benzene rings is 2. The highest BCUT2D eigenvalue weighted by molar-refractivity contribution is 5.90. The number of oxazole rings is 1. The molecular formula is C24H26N4O3. The van der Waals surface area contributed by atoms with Crippen molar-refractivity contribution in [3.05, 3.63) is 82.5 Å². The molecule has 1 amide bonds. The van der Waals surface area contributed by atoms with E-state index in [9.17, 15) is 9.59 Å². The zero-order chi connectivity index (χ0) is 22.0. The van der Waals surface area contributed by atoms with Crippen LogP contribution in [0.15, 0.2) is 69.9 Å². The van der Waals surface area contributed by atoms with E-state index in [0.717, 1.165) is 11.3 Å². The SMILES string of the molecule is CC(C)(C)c1cc(NC(=O)CCn2c(=O)oc3ccccc32)n(Cc2ccccc2)n1. The largest absolute Gasteiger partial charge is 0.419 e. The molecule has 0 radical (unpaired) electrons. The predicted molar refractivity (Wildman–Crippen MR) is 120 cm³/mol. The van der Waals surface area contributed by atoms with E-state index in [1.807, 2.05) is 59.3 Å². The number of anilines is 1. The Hall–Kier alpha value is -3.61. The number of nitrogens with one attached hydrogen (secondary N) is 1. The molecule has 160 valence electrons. The van der Waals surface area contributed by atoms with Crippen LogP contribution in [0.3, 0.4) is 0 Å². The molecule has 0 fully saturated rings. The van der Waals surface area contributed by atoms with Gasteiger partial charge < -0.3 is 9.73 Å². The summed E-state index contributed by atoms with van der Waals surface area (Å²) in [6, 6.07) is 19.1. The molecule has 0 spiro atoms. The van der Waals surface area contributed by atoms with Crippen molar-refractivity contribution >= 4 is 22.8 Å². The van der Waals surface area contributed by atoms with E-state index in [1.54, 1.807) is 6.07 Å². The third-order valence-electron chi connectivity index (χ3n) is 5.13. The van der Waals surface area contributed by atoms with Gasteiger partial charge in [0.25, 0.3) is 0 Å². The lowest BCUT2D eigenvalue weighted by Crippen LogP contribution is -2.21. The Kier molecular flexibility index (Phi) is 5.50. The fourth-order valence-electron chi connectivity index (χ4n) is 3.41. The minimum atomic E-state index is -0.460. The number of rotatable bonds is 6. The molecule has 0 bridgehead atoms. The molecule has 0 atom stereocenters. The van der Waals surface area contributed by atoms with E-state index >= 15 is 0 Å². The summed E-state index contributed by atoms with van der Waals surface area (Å²) >= 11 is 0. The minimum absolute atomic E-state index is 0.144. The smallest absolute Gasteiger partial charge is 0.408 e. The van der Waals surface area contributed by atoms with Crippen molar-refractivity contribution in [2.45, 2.75) is 45.7 Å². The molecule has 2 heterocycles. The van der Waals surface area contributed by atoms with Gasteiger partial charge in [-0.05, 0) is 17.7 Å². The van der Waals surface area contributed by atoms with Crippen molar-refractivity contribution in [3.8, 4) is 0 Å². The predicted octanol–water partition coefficient (Wildman–Crippen LogP) is 4.17. The van der Waals surface area contributed by atoms with Crippen LogP contribution < -0.4 is 11.1 Å². The molecule has 4 aromatic rings. The van der Waals surface area contributed by atoms with Gasteiger partial charge >= 0.3 is 5.76 Å². The standard InChI is InChI=1S/C24H26N4O3/c1-24(2,3)20-15-21(28(26-20)16-17-9-5-4-6-10-17)25-22(29)13-14-27-18-11-7-8-12-19(18)31-23(27)30/h4-12,15H,13-14,16H2,1-3H3,(H,25,29). The van der Waals surface area contributed by atoms with E-state index in [-0.39, 0.29) is 24.3 Å². The first-order chi connectivity index (χ1) is 14.8. The van der Waals surface area contributed by atoms with Gasteiger partial charge in [-0.2, -0.15) is 5.10 Å². The number of hydrogen-bond acceptors (Lipinski definition) is 4. The summed E-state index contributed by atoms with van der Waals surface area (Å²) in [6.07, 6.45) is 0.144. The zero-order valence-electron chi connectivity index (χ0n) is 18.0. The summed E-state index contributed by atoms with van der Waals surface area (Å²) < 4.78 is 8.53. The van der Waals surface area contributed by atoms with Crippen LogP contribution in [-0.4, -0.2) is 20.3 Å². The summed E-state index contributed by atoms with van der Waals surface area (Å²) in [4.78, 5) is 24.9. The van der Waals surface area contributed by atoms with E-state index in [0.29, 0.717) is 23.5 Å². The highest BCUT2D eigenvalue weighted by Gasteiger charge is 2.21. The Balaban J connectivity index is 1.52. The number of amides is 1. The normalized spacial score (nSPS) is 11.7. The van der Waals surface area contributed by atoms with Crippen LogP contribution in [0.25, 0.3) is 11.1 Å². The Morgan fingerprint density at radius 3 is 2.52 bits per heavy atom. The van der Waals surface area contributed by atoms with Crippen LogP contribution in [-0.2, 0) is 23.3 Å². The zero-order valence-corrected chi connectivity index (χ0v) is 18.0. The van der Waals surface area contributed by atoms with E-state index in [2.05, 4.69) is 26.1 Å². The third kappa shape index (κ3) is 4.60. The van der Waals surface area contributed by atoms with Gasteiger partial charge in [0.1, 0.15) is 5.82 Å². The maximum absolute atomic E-state index is 12.7. The number of hydrogen-bond donors (Lipinski definition) is 1. The maximum Gasteiger partial charge on any atom is 0.419 e. The quantitative estimate of drug-likeness (QED) is 0.510. The average molecular weight is 418 g/mol. The molecule has 7 nitrogen and oxygen atoms in total. The Morgan fingerprint density at radius 2 is 1.77 bits per heavy atom. The Morgan fingerprint density at radius 1 is 1.06 bits per heavy atom. The molecule has 7 heteroatoms. The Bertz CT molecular complexity index is 1260. The molecule has 0 saturated heterocycles. The third-order valence-corrected chi connectivity index (χ3v) is 5.13. The molecular weight excluding hydrogens is 392 g/mol. The van der Waals surface area contributed by atoms with Gasteiger partial charge in [0.15, 0.2) is 5.58 Å². The molecule has 0 unspecified atom stereocenters. The first-order valence-electron chi connectivity index (χ1n) is 10.3. The van der Waals surface area contributed by atoms with Crippen molar-refractivity contribution in [1.29, 1.82) is 0 Å². The molecule has 1 N–H and O–H groups in total. The van der Waals surface area contributed by atoms with E-state index < -0.39 is 5.76 Å². The molecule has 0 aliphatic rings. The summed E-state index contributed by atoms with van der Waals surface area (Å²) in [6.45, 7) is 7.05. The molecule has 0 saturated carbocycles. The van der Waals surface area contributed by atoms with Gasteiger partial charge in [0, 0.05) is 24.4 Å². The molecule has 0 aliphatic carbocycles. The lowest BCUT2D eigenvalue weighted by atomic mass is 9.92. The number of carbonyl (C=O) groups is 1. The van der Waals surface area contributed by atoms with E-state index in [4.69, 9.17) is 9.52 Å². The van der Waals surface area contributed by atoms with Crippen LogP contribution in [0.1, 0.15) is 38.4 Å². The first-order valence-corrected chi connectivity index (χ1v) is 10.3. The molecule has 2 aromatic carbocycles. The van der Waals surface area contributed by atoms with Crippen LogP contribution in [0.2, 0.25) is 0 Å². The van der Waals surface area contributed by atoms with Crippen molar-refractivity contribution in [2.24, 2.45) is 0 Å². The fraction of sp³-hybridized carbons (Fsp3) is 0.292. The fourth-order valence-corrected chi connectivity index (χ4v) is 3.41. The number of nitrogens with zero attached hydrogens (tertiary/aromatic N) is 3. The minimum Gasteiger partial charge on any atom is -0.408 e. The van der Waals surface area contributed by atoms with Crippen molar-refractivity contribution in [1.82, 2.24) is 14.3 Å². The van der Waals surface area contributed by atoms with Gasteiger partial charge in [0.2, 0.25) is 5.91 Å². The van der Waals surface area contributed by atoms with Crippen molar-refractivity contribution in [2.75, 3.05) is 5.32 Å². The maximum atomic E-state index is 12.7. The van der Waals surface area contributed by atoms with Crippen LogP contribution in [0, 0.1) is 0 Å². The molecule has 31 heavy (non-hydrogen) atoms. The molecule has 0 aliphatic heterocycles.